The van der Waals surface area contributed by atoms with E-state index in [2.05, 4.69) is 4.89 Å². The van der Waals surface area contributed by atoms with Crippen LogP contribution in [-0.4, -0.2) is 6.10 Å². The smallest absolute Gasteiger partial charge is 0.102 e. The van der Waals surface area contributed by atoms with Crippen molar-refractivity contribution in [2.75, 3.05) is 0 Å². The van der Waals surface area contributed by atoms with Gasteiger partial charge in [-0.25, -0.2) is 0 Å². The third kappa shape index (κ3) is 2.28. The van der Waals surface area contributed by atoms with Crippen LogP contribution in [0.4, 0.5) is 0 Å². The van der Waals surface area contributed by atoms with Crippen molar-refractivity contribution in [2.45, 2.75) is 33.3 Å². The second-order valence-electron chi connectivity index (χ2n) is 2.07. The summed E-state index contributed by atoms with van der Waals surface area (Å²) in [6, 6.07) is 0. The Kier molecular flexibility index (Phi) is 3.83. The molecule has 1 atom stereocenters. The minimum atomic E-state index is -0.185. The van der Waals surface area contributed by atoms with Crippen LogP contribution in [0.25, 0.3) is 0 Å². The lowest BCUT2D eigenvalue weighted by molar-refractivity contribution is -0.330. The molecule has 2 heteroatoms. The molecular weight excluding hydrogens is 104 g/mol. The van der Waals surface area contributed by atoms with Crippen LogP contribution in [-0.2, 0) is 10.1 Å². The molecule has 0 bridgehead atoms. The highest BCUT2D eigenvalue weighted by Crippen LogP contribution is 2.10. The second kappa shape index (κ2) is 3.87. The topological polar surface area (TPSA) is 29.1 Å². The summed E-state index contributed by atoms with van der Waals surface area (Å²) in [7, 11) is 0. The molecule has 0 aliphatic rings. The Morgan fingerprint density at radius 2 is 2.12 bits per heavy atom. The Bertz CT molecular complexity index is 48.5. The van der Waals surface area contributed by atoms with Gasteiger partial charge >= 0.3 is 0 Å². The van der Waals surface area contributed by atoms with E-state index in [9.17, 15) is 5.26 Å². The van der Waals surface area contributed by atoms with Crippen LogP contribution >= 0.6 is 0 Å². The first-order chi connectivity index (χ1) is 3.72. The first kappa shape index (κ1) is 7.92. The van der Waals surface area contributed by atoms with Gasteiger partial charge in [-0.05, 0) is 11.7 Å². The van der Waals surface area contributed by atoms with Crippen LogP contribution in [0, 0.1) is 5.92 Å². The van der Waals surface area contributed by atoms with E-state index in [4.69, 9.17) is 0 Å². The molecule has 0 heterocycles. The summed E-state index contributed by atoms with van der Waals surface area (Å²) in [5.41, 5.74) is 0. The summed E-state index contributed by atoms with van der Waals surface area (Å²) in [5, 5.41) is 9.78. The maximum Gasteiger partial charge on any atom is 0.102 e. The molecule has 8 heavy (non-hydrogen) atoms. The van der Waals surface area contributed by atoms with Crippen molar-refractivity contribution < 1.29 is 10.1 Å². The summed E-state index contributed by atoms with van der Waals surface area (Å²) in [4.78, 5) is 3.87. The van der Waals surface area contributed by atoms with E-state index in [0.717, 1.165) is 12.3 Å². The molecule has 2 nitrogen and oxygen atoms in total. The zero-order chi connectivity index (χ0) is 6.57. The number of hydrogen-bond acceptors (Lipinski definition) is 1. The summed E-state index contributed by atoms with van der Waals surface area (Å²) >= 11 is 0. The van der Waals surface area contributed by atoms with Gasteiger partial charge < -0.3 is 0 Å². The van der Waals surface area contributed by atoms with Crippen LogP contribution in [0.2, 0.25) is 0 Å². The van der Waals surface area contributed by atoms with Gasteiger partial charge in [0, 0.05) is 5.92 Å². The standard InChI is InChI=1S/C6H12O2/c1-4-6(8-7)5(2)3/h6H,4H2,1-3H3. The van der Waals surface area contributed by atoms with Gasteiger partial charge in [-0.2, -0.15) is 4.89 Å². The van der Waals surface area contributed by atoms with Crippen molar-refractivity contribution >= 4 is 0 Å². The lowest BCUT2D eigenvalue weighted by Gasteiger charge is -2.11. The summed E-state index contributed by atoms with van der Waals surface area (Å²) < 4.78 is 0. The summed E-state index contributed by atoms with van der Waals surface area (Å²) in [6.07, 6.45) is 0.584. The zero-order valence-electron chi connectivity index (χ0n) is 5.60. The molecule has 0 spiro atoms. The molecule has 0 aromatic rings. The fourth-order valence-corrected chi connectivity index (χ4v) is 0.573. The van der Waals surface area contributed by atoms with E-state index in [1.54, 1.807) is 0 Å². The molecule has 0 saturated heterocycles. The van der Waals surface area contributed by atoms with Crippen molar-refractivity contribution in [3.8, 4) is 0 Å². The van der Waals surface area contributed by atoms with Gasteiger partial charge in [0.25, 0.3) is 0 Å². The Balaban J connectivity index is 3.35. The SMILES string of the molecule is CCC(O[O])[C](C)C. The number of rotatable bonds is 3. The molecule has 0 aromatic heterocycles. The van der Waals surface area contributed by atoms with E-state index in [1.165, 1.54) is 0 Å². The van der Waals surface area contributed by atoms with Crippen molar-refractivity contribution in [1.82, 2.24) is 0 Å². The highest BCUT2D eigenvalue weighted by atomic mass is 17.1. The maximum absolute atomic E-state index is 9.78. The fourth-order valence-electron chi connectivity index (χ4n) is 0.573. The quantitative estimate of drug-likeness (QED) is 0.408. The average molecular weight is 116 g/mol. The normalized spacial score (nSPS) is 14.6. The first-order valence-corrected chi connectivity index (χ1v) is 2.81. The molecule has 0 fully saturated rings. The van der Waals surface area contributed by atoms with E-state index >= 15 is 0 Å². The van der Waals surface area contributed by atoms with Gasteiger partial charge in [-0.3, -0.25) is 0 Å². The second-order valence-corrected chi connectivity index (χ2v) is 2.07. The van der Waals surface area contributed by atoms with Crippen LogP contribution in [0.5, 0.6) is 0 Å². The van der Waals surface area contributed by atoms with Crippen molar-refractivity contribution in [2.24, 2.45) is 0 Å². The Labute approximate surface area is 50.4 Å². The van der Waals surface area contributed by atoms with Gasteiger partial charge in [0.2, 0.25) is 0 Å². The van der Waals surface area contributed by atoms with Gasteiger partial charge in [0.1, 0.15) is 6.10 Å². The lowest BCUT2D eigenvalue weighted by atomic mass is 10.1. The predicted octanol–water partition coefficient (Wildman–Crippen LogP) is 1.74. The average Bonchev–Trinajstić information content (AvgIpc) is 1.69. The van der Waals surface area contributed by atoms with Crippen LogP contribution < -0.4 is 0 Å². The molecule has 0 saturated carbocycles. The van der Waals surface area contributed by atoms with Gasteiger partial charge in [0.05, 0.1) is 0 Å². The van der Waals surface area contributed by atoms with Crippen LogP contribution in [0.3, 0.4) is 0 Å². The minimum absolute atomic E-state index is 0.185. The molecular formula is C6H12O2. The van der Waals surface area contributed by atoms with Gasteiger partial charge in [-0.1, -0.05) is 20.8 Å². The molecule has 2 radical (unpaired) electrons. The van der Waals surface area contributed by atoms with E-state index < -0.39 is 0 Å². The lowest BCUT2D eigenvalue weighted by Crippen LogP contribution is -2.13. The van der Waals surface area contributed by atoms with Crippen molar-refractivity contribution in [1.29, 1.82) is 0 Å². The van der Waals surface area contributed by atoms with Gasteiger partial charge in [0.15, 0.2) is 0 Å². The minimum Gasteiger partial charge on any atom is -0.200 e. The third-order valence-corrected chi connectivity index (χ3v) is 1.13. The fraction of sp³-hybridized carbons (Fsp3) is 0.833. The maximum atomic E-state index is 9.78. The molecule has 48 valence electrons. The molecule has 0 aliphatic carbocycles. The van der Waals surface area contributed by atoms with E-state index in [-0.39, 0.29) is 6.10 Å². The monoisotopic (exact) mass is 116 g/mol. The van der Waals surface area contributed by atoms with Crippen LogP contribution in [0.1, 0.15) is 27.2 Å². The molecule has 0 N–H and O–H groups in total. The zero-order valence-corrected chi connectivity index (χ0v) is 5.60. The Morgan fingerprint density at radius 3 is 2.12 bits per heavy atom. The summed E-state index contributed by atoms with van der Waals surface area (Å²) in [6.45, 7) is 5.72. The van der Waals surface area contributed by atoms with Crippen LogP contribution in [0.15, 0.2) is 0 Å². The van der Waals surface area contributed by atoms with Crippen molar-refractivity contribution in [3.63, 3.8) is 0 Å². The number of hydrogen-bond donors (Lipinski definition) is 0. The molecule has 0 aliphatic heterocycles. The molecule has 1 unspecified atom stereocenters. The Hall–Kier alpha value is -0.0800. The van der Waals surface area contributed by atoms with E-state index in [1.807, 2.05) is 20.8 Å². The highest BCUT2D eigenvalue weighted by Gasteiger charge is 2.10. The van der Waals surface area contributed by atoms with E-state index in [0.29, 0.717) is 0 Å². The molecule has 0 amide bonds. The third-order valence-electron chi connectivity index (χ3n) is 1.13. The highest BCUT2D eigenvalue weighted by molar-refractivity contribution is 4.86. The molecule has 0 rings (SSSR count). The predicted molar refractivity (Wildman–Crippen MR) is 30.4 cm³/mol. The largest absolute Gasteiger partial charge is 0.200 e. The van der Waals surface area contributed by atoms with Gasteiger partial charge in [-0.15, -0.1) is 0 Å². The summed E-state index contributed by atoms with van der Waals surface area (Å²) in [5.74, 6) is 1.04. The molecule has 0 aromatic carbocycles. The van der Waals surface area contributed by atoms with Crippen molar-refractivity contribution in [3.05, 3.63) is 5.92 Å². The Morgan fingerprint density at radius 1 is 1.62 bits per heavy atom. The first-order valence-electron chi connectivity index (χ1n) is 2.81.